The number of amides is 1. The van der Waals surface area contributed by atoms with Crippen LogP contribution in [0.2, 0.25) is 0 Å². The van der Waals surface area contributed by atoms with Crippen LogP contribution >= 0.6 is 0 Å². The Hall–Kier alpha value is -2.13. The molecule has 0 radical (unpaired) electrons. The fourth-order valence-corrected chi connectivity index (χ4v) is 4.33. The third-order valence-electron chi connectivity index (χ3n) is 6.16. The first-order valence-electron chi connectivity index (χ1n) is 11.0. The number of nitrogens with one attached hydrogen (secondary N) is 1. The second-order valence-electron chi connectivity index (χ2n) is 9.57. The van der Waals surface area contributed by atoms with Crippen LogP contribution in [-0.2, 0) is 23.1 Å². The molecule has 156 valence electrons. The molecule has 1 N–H and O–H groups in total. The van der Waals surface area contributed by atoms with Gasteiger partial charge in [0.1, 0.15) is 0 Å². The fraction of sp³-hybridized carbons (Fsp3) is 0.500. The molecule has 0 spiro atoms. The fourth-order valence-electron chi connectivity index (χ4n) is 4.33. The Bertz CT molecular complexity index is 741. The Morgan fingerprint density at radius 3 is 2.24 bits per heavy atom. The Balaban J connectivity index is 1.50. The zero-order valence-electron chi connectivity index (χ0n) is 18.2. The Morgan fingerprint density at radius 1 is 1.00 bits per heavy atom. The summed E-state index contributed by atoms with van der Waals surface area (Å²) < 4.78 is 0. The quantitative estimate of drug-likeness (QED) is 0.666. The van der Waals surface area contributed by atoms with Crippen LogP contribution in [0.3, 0.4) is 0 Å². The van der Waals surface area contributed by atoms with Crippen LogP contribution in [0, 0.1) is 5.92 Å². The van der Waals surface area contributed by atoms with E-state index in [1.54, 1.807) is 0 Å². The van der Waals surface area contributed by atoms with Crippen molar-refractivity contribution in [3.63, 3.8) is 0 Å². The maximum atomic E-state index is 11.2. The van der Waals surface area contributed by atoms with Gasteiger partial charge < -0.3 is 10.2 Å². The number of likely N-dealkylation sites (tertiary alicyclic amines) is 1. The molecule has 0 aliphatic carbocycles. The van der Waals surface area contributed by atoms with Gasteiger partial charge in [-0.15, -0.1) is 0 Å². The molecule has 2 aromatic rings. The maximum Gasteiger partial charge on any atom is 0.207 e. The van der Waals surface area contributed by atoms with Crippen LogP contribution < -0.4 is 5.32 Å². The zero-order valence-corrected chi connectivity index (χ0v) is 18.2. The third kappa shape index (κ3) is 6.71. The number of benzene rings is 2. The van der Waals surface area contributed by atoms with Crippen molar-refractivity contribution in [3.8, 4) is 0 Å². The summed E-state index contributed by atoms with van der Waals surface area (Å²) >= 11 is 0. The highest BCUT2D eigenvalue weighted by atomic mass is 16.1. The van der Waals surface area contributed by atoms with Crippen LogP contribution in [0.1, 0.15) is 50.3 Å². The average molecular weight is 393 g/mol. The average Bonchev–Trinajstić information content (AvgIpc) is 2.70. The summed E-state index contributed by atoms with van der Waals surface area (Å²) in [5, 5.41) is 3.05. The molecular weight excluding hydrogens is 356 g/mol. The Labute approximate surface area is 176 Å². The molecule has 3 nitrogen and oxygen atoms in total. The van der Waals surface area contributed by atoms with Gasteiger partial charge in [0.25, 0.3) is 0 Å². The molecule has 1 unspecified atom stereocenters. The van der Waals surface area contributed by atoms with E-state index in [-0.39, 0.29) is 11.5 Å². The molecule has 3 rings (SSSR count). The number of hydrogen-bond donors (Lipinski definition) is 1. The molecule has 0 aromatic heterocycles. The SMILES string of the molecule is CC(C)(C)c1ccc(CC(CN2CCC(Cc3ccccc3)CC2)NC=O)cc1. The summed E-state index contributed by atoms with van der Waals surface area (Å²) in [5.74, 6) is 0.774. The lowest BCUT2D eigenvalue weighted by atomic mass is 9.86. The van der Waals surface area contributed by atoms with Crippen molar-refractivity contribution in [2.45, 2.75) is 57.9 Å². The molecule has 0 saturated carbocycles. The van der Waals surface area contributed by atoms with Crippen LogP contribution in [0.4, 0.5) is 0 Å². The molecule has 3 heteroatoms. The summed E-state index contributed by atoms with van der Waals surface area (Å²) in [6.07, 6.45) is 5.40. The van der Waals surface area contributed by atoms with Gasteiger partial charge in [-0.25, -0.2) is 0 Å². The van der Waals surface area contributed by atoms with Gasteiger partial charge in [0, 0.05) is 12.6 Å². The molecule has 1 fully saturated rings. The summed E-state index contributed by atoms with van der Waals surface area (Å²) in [6, 6.07) is 19.9. The molecule has 1 aliphatic heterocycles. The Morgan fingerprint density at radius 2 is 1.66 bits per heavy atom. The molecule has 2 aromatic carbocycles. The van der Waals surface area contributed by atoms with Gasteiger partial charge in [-0.3, -0.25) is 4.79 Å². The third-order valence-corrected chi connectivity index (χ3v) is 6.16. The normalized spacial score (nSPS) is 17.1. The first kappa shape index (κ1) is 21.6. The minimum absolute atomic E-state index is 0.165. The van der Waals surface area contributed by atoms with Crippen molar-refractivity contribution in [2.75, 3.05) is 19.6 Å². The lowest BCUT2D eigenvalue weighted by Crippen LogP contribution is -2.45. The van der Waals surface area contributed by atoms with Crippen LogP contribution in [-0.4, -0.2) is 37.0 Å². The van der Waals surface area contributed by atoms with E-state index < -0.39 is 0 Å². The van der Waals surface area contributed by atoms with Crippen LogP contribution in [0.5, 0.6) is 0 Å². The van der Waals surface area contributed by atoms with E-state index in [1.807, 2.05) is 0 Å². The number of nitrogens with zero attached hydrogens (tertiary/aromatic N) is 1. The monoisotopic (exact) mass is 392 g/mol. The van der Waals surface area contributed by atoms with Gasteiger partial charge in [0.2, 0.25) is 6.41 Å². The molecule has 0 bridgehead atoms. The molecule has 1 saturated heterocycles. The number of carbonyl (C=O) groups is 1. The van der Waals surface area contributed by atoms with Crippen molar-refractivity contribution in [3.05, 3.63) is 71.3 Å². The van der Waals surface area contributed by atoms with Gasteiger partial charge in [0.15, 0.2) is 0 Å². The van der Waals surface area contributed by atoms with Gasteiger partial charge in [-0.1, -0.05) is 75.4 Å². The minimum Gasteiger partial charge on any atom is -0.354 e. The first-order valence-corrected chi connectivity index (χ1v) is 11.0. The summed E-state index contributed by atoms with van der Waals surface area (Å²) in [6.45, 7) is 9.88. The second-order valence-corrected chi connectivity index (χ2v) is 9.57. The molecule has 1 atom stereocenters. The number of rotatable bonds is 8. The summed E-state index contributed by atoms with van der Waals surface area (Å²) in [7, 11) is 0. The van der Waals surface area contributed by atoms with Crippen molar-refractivity contribution < 1.29 is 4.79 Å². The van der Waals surface area contributed by atoms with E-state index in [2.05, 4.69) is 85.6 Å². The molecular formula is C26H36N2O. The topological polar surface area (TPSA) is 32.3 Å². The highest BCUT2D eigenvalue weighted by Gasteiger charge is 2.22. The van der Waals surface area contributed by atoms with Gasteiger partial charge in [-0.2, -0.15) is 0 Å². The molecule has 1 amide bonds. The van der Waals surface area contributed by atoms with Crippen molar-refractivity contribution in [2.24, 2.45) is 5.92 Å². The maximum absolute atomic E-state index is 11.2. The highest BCUT2D eigenvalue weighted by Crippen LogP contribution is 2.24. The van der Waals surface area contributed by atoms with E-state index in [4.69, 9.17) is 0 Å². The summed E-state index contributed by atoms with van der Waals surface area (Å²) in [5.41, 5.74) is 4.26. The zero-order chi connectivity index (χ0) is 20.7. The number of piperidine rings is 1. The smallest absolute Gasteiger partial charge is 0.207 e. The molecule has 1 aliphatic rings. The summed E-state index contributed by atoms with van der Waals surface area (Å²) in [4.78, 5) is 13.7. The predicted molar refractivity (Wildman–Crippen MR) is 121 cm³/mol. The number of hydrogen-bond acceptors (Lipinski definition) is 2. The Kier molecular flexibility index (Phi) is 7.49. The predicted octanol–water partition coefficient (Wildman–Crippen LogP) is 4.60. The second kappa shape index (κ2) is 10.1. The minimum atomic E-state index is 0.165. The molecule has 29 heavy (non-hydrogen) atoms. The van der Waals surface area contributed by atoms with Crippen LogP contribution in [0.15, 0.2) is 54.6 Å². The van der Waals surface area contributed by atoms with Gasteiger partial charge >= 0.3 is 0 Å². The van der Waals surface area contributed by atoms with E-state index in [0.717, 1.165) is 38.4 Å². The van der Waals surface area contributed by atoms with E-state index in [9.17, 15) is 4.79 Å². The largest absolute Gasteiger partial charge is 0.354 e. The van der Waals surface area contributed by atoms with Crippen molar-refractivity contribution in [1.29, 1.82) is 0 Å². The highest BCUT2D eigenvalue weighted by molar-refractivity contribution is 5.47. The van der Waals surface area contributed by atoms with Gasteiger partial charge in [0.05, 0.1) is 0 Å². The lowest BCUT2D eigenvalue weighted by Gasteiger charge is -2.34. The van der Waals surface area contributed by atoms with E-state index in [1.165, 1.54) is 36.0 Å². The lowest BCUT2D eigenvalue weighted by molar-refractivity contribution is -0.110. The molecule has 1 heterocycles. The first-order chi connectivity index (χ1) is 13.9. The van der Waals surface area contributed by atoms with E-state index >= 15 is 0 Å². The van der Waals surface area contributed by atoms with Crippen molar-refractivity contribution >= 4 is 6.41 Å². The number of carbonyl (C=O) groups excluding carboxylic acids is 1. The van der Waals surface area contributed by atoms with E-state index in [0.29, 0.717) is 0 Å². The van der Waals surface area contributed by atoms with Crippen LogP contribution in [0.25, 0.3) is 0 Å². The van der Waals surface area contributed by atoms with Gasteiger partial charge in [-0.05, 0) is 66.8 Å². The van der Waals surface area contributed by atoms with Crippen molar-refractivity contribution in [1.82, 2.24) is 10.2 Å². The standard InChI is InChI=1S/C26H36N2O/c1-26(2,3)24-11-9-22(10-12-24)18-25(27-20-29)19-28-15-13-23(14-16-28)17-21-7-5-4-6-8-21/h4-12,20,23,25H,13-19H2,1-3H3,(H,27,29).